The third kappa shape index (κ3) is 5.67. The van der Waals surface area contributed by atoms with Crippen LogP contribution in [0, 0.1) is 0 Å². The maximum absolute atomic E-state index is 12.7. The Kier molecular flexibility index (Phi) is 6.56. The van der Waals surface area contributed by atoms with Gasteiger partial charge >= 0.3 is 6.18 Å². The molecule has 138 valence electrons. The van der Waals surface area contributed by atoms with Gasteiger partial charge in [0.2, 0.25) is 0 Å². The highest BCUT2D eigenvalue weighted by Crippen LogP contribution is 2.33. The second kappa shape index (κ2) is 7.94. The van der Waals surface area contributed by atoms with Gasteiger partial charge in [0.25, 0.3) is 0 Å². The standard InChI is InChI=1S/C16H19Br2F3N2OSi/c1-25(2,3)9-8-24-10-23-14(18)13(17)22-15(23)11-4-6-12(7-5-11)16(19,20)21/h4-7H,8-10H2,1-3H3. The molecule has 0 atom stereocenters. The zero-order chi connectivity index (χ0) is 18.8. The minimum atomic E-state index is -4.35. The van der Waals surface area contributed by atoms with Crippen LogP contribution in [-0.2, 0) is 17.6 Å². The Balaban J connectivity index is 2.20. The van der Waals surface area contributed by atoms with Crippen LogP contribution in [0.2, 0.25) is 25.7 Å². The molecule has 9 heteroatoms. The lowest BCUT2D eigenvalue weighted by atomic mass is 10.1. The van der Waals surface area contributed by atoms with Crippen molar-refractivity contribution in [3.8, 4) is 11.4 Å². The Hall–Kier alpha value is -0.643. The molecule has 0 aliphatic carbocycles. The zero-order valence-corrected chi connectivity index (χ0v) is 18.3. The van der Waals surface area contributed by atoms with Gasteiger partial charge in [-0.2, -0.15) is 13.2 Å². The van der Waals surface area contributed by atoms with Crippen molar-refractivity contribution in [3.63, 3.8) is 0 Å². The molecule has 1 heterocycles. The van der Waals surface area contributed by atoms with E-state index in [2.05, 4.69) is 56.5 Å². The fraction of sp³-hybridized carbons (Fsp3) is 0.438. The van der Waals surface area contributed by atoms with Crippen molar-refractivity contribution in [2.24, 2.45) is 0 Å². The van der Waals surface area contributed by atoms with E-state index in [4.69, 9.17) is 4.74 Å². The molecule has 0 saturated carbocycles. The Morgan fingerprint density at radius 3 is 2.24 bits per heavy atom. The molecule has 0 aliphatic heterocycles. The zero-order valence-electron chi connectivity index (χ0n) is 14.1. The number of halogens is 5. The number of imidazole rings is 1. The van der Waals surface area contributed by atoms with Crippen LogP contribution >= 0.6 is 31.9 Å². The molecule has 3 nitrogen and oxygen atoms in total. The summed E-state index contributed by atoms with van der Waals surface area (Å²) in [6, 6.07) is 5.99. The molecule has 2 rings (SSSR count). The predicted molar refractivity (Wildman–Crippen MR) is 102 cm³/mol. The number of benzene rings is 1. The van der Waals surface area contributed by atoms with Gasteiger partial charge in [-0.15, -0.1) is 0 Å². The minimum Gasteiger partial charge on any atom is -0.361 e. The molecule has 0 amide bonds. The summed E-state index contributed by atoms with van der Waals surface area (Å²) in [6.07, 6.45) is -4.35. The lowest BCUT2D eigenvalue weighted by molar-refractivity contribution is -0.137. The van der Waals surface area contributed by atoms with Gasteiger partial charge in [-0.3, -0.25) is 4.57 Å². The number of hydrogen-bond acceptors (Lipinski definition) is 2. The highest BCUT2D eigenvalue weighted by Gasteiger charge is 2.30. The molecule has 2 aromatic rings. The lowest BCUT2D eigenvalue weighted by Crippen LogP contribution is -2.22. The van der Waals surface area contributed by atoms with Crippen LogP contribution in [0.5, 0.6) is 0 Å². The summed E-state index contributed by atoms with van der Waals surface area (Å²) < 4.78 is 47.0. The number of aromatic nitrogens is 2. The number of ether oxygens (including phenoxy) is 1. The largest absolute Gasteiger partial charge is 0.416 e. The van der Waals surface area contributed by atoms with E-state index in [-0.39, 0.29) is 6.73 Å². The van der Waals surface area contributed by atoms with Crippen molar-refractivity contribution in [1.29, 1.82) is 0 Å². The normalized spacial score (nSPS) is 12.6. The molecular formula is C16H19Br2F3N2OSi. The first kappa shape index (κ1) is 20.7. The van der Waals surface area contributed by atoms with Crippen LogP contribution in [0.15, 0.2) is 33.5 Å². The van der Waals surface area contributed by atoms with Gasteiger partial charge in [0, 0.05) is 20.2 Å². The van der Waals surface area contributed by atoms with Gasteiger partial charge in [0.1, 0.15) is 21.8 Å². The van der Waals surface area contributed by atoms with E-state index >= 15 is 0 Å². The number of alkyl halides is 3. The van der Waals surface area contributed by atoms with Crippen LogP contribution in [-0.4, -0.2) is 24.2 Å². The molecule has 1 aromatic carbocycles. The van der Waals surface area contributed by atoms with Crippen molar-refractivity contribution in [3.05, 3.63) is 39.0 Å². The van der Waals surface area contributed by atoms with Gasteiger partial charge < -0.3 is 4.74 Å². The van der Waals surface area contributed by atoms with E-state index < -0.39 is 19.8 Å². The summed E-state index contributed by atoms with van der Waals surface area (Å²) in [5.74, 6) is 0.542. The van der Waals surface area contributed by atoms with Gasteiger partial charge in [-0.05, 0) is 50.0 Å². The van der Waals surface area contributed by atoms with Gasteiger partial charge in [0.15, 0.2) is 0 Å². The van der Waals surface area contributed by atoms with Gasteiger partial charge in [-0.1, -0.05) is 31.8 Å². The molecule has 1 aromatic heterocycles. The average molecular weight is 500 g/mol. The topological polar surface area (TPSA) is 27.1 Å². The SMILES string of the molecule is C[Si](C)(C)CCOCn1c(-c2ccc(C(F)(F)F)cc2)nc(Br)c1Br. The predicted octanol–water partition coefficient (Wildman–Crippen LogP) is 6.41. The number of rotatable bonds is 6. The molecule has 0 unspecified atom stereocenters. The third-order valence-corrected chi connectivity index (χ3v) is 7.15. The van der Waals surface area contributed by atoms with Crippen molar-refractivity contribution in [1.82, 2.24) is 9.55 Å². The minimum absolute atomic E-state index is 0.278. The van der Waals surface area contributed by atoms with E-state index in [1.54, 1.807) is 4.57 Å². The van der Waals surface area contributed by atoms with Crippen molar-refractivity contribution in [2.45, 2.75) is 38.6 Å². The van der Waals surface area contributed by atoms with Crippen molar-refractivity contribution < 1.29 is 17.9 Å². The van der Waals surface area contributed by atoms with E-state index in [9.17, 15) is 13.2 Å². The first-order valence-corrected chi connectivity index (χ1v) is 13.0. The average Bonchev–Trinajstić information content (AvgIpc) is 2.78. The highest BCUT2D eigenvalue weighted by atomic mass is 79.9. The van der Waals surface area contributed by atoms with Crippen molar-refractivity contribution >= 4 is 39.9 Å². The smallest absolute Gasteiger partial charge is 0.361 e. The summed E-state index contributed by atoms with van der Waals surface area (Å²) in [5.41, 5.74) is -0.0907. The highest BCUT2D eigenvalue weighted by molar-refractivity contribution is 9.13. The summed E-state index contributed by atoms with van der Waals surface area (Å²) in [6.45, 7) is 7.74. The molecule has 25 heavy (non-hydrogen) atoms. The van der Waals surface area contributed by atoms with E-state index in [1.165, 1.54) is 12.1 Å². The quantitative estimate of drug-likeness (QED) is 0.339. The van der Waals surface area contributed by atoms with Crippen LogP contribution in [0.4, 0.5) is 13.2 Å². The van der Waals surface area contributed by atoms with Crippen molar-refractivity contribution in [2.75, 3.05) is 6.61 Å². The van der Waals surface area contributed by atoms with Crippen LogP contribution in [0.3, 0.4) is 0 Å². The lowest BCUT2D eigenvalue weighted by Gasteiger charge is -2.16. The first-order chi connectivity index (χ1) is 11.5. The number of nitrogens with zero attached hydrogens (tertiary/aromatic N) is 2. The second-order valence-electron chi connectivity index (χ2n) is 6.87. The third-order valence-electron chi connectivity index (χ3n) is 3.55. The maximum atomic E-state index is 12.7. The summed E-state index contributed by atoms with van der Waals surface area (Å²) >= 11 is 6.78. The monoisotopic (exact) mass is 498 g/mol. The fourth-order valence-electron chi connectivity index (χ4n) is 2.08. The fourth-order valence-corrected chi connectivity index (χ4v) is 3.58. The first-order valence-electron chi connectivity index (χ1n) is 7.66. The molecule has 0 bridgehead atoms. The Labute approximate surface area is 162 Å². The second-order valence-corrected chi connectivity index (χ2v) is 14.0. The van der Waals surface area contributed by atoms with Crippen LogP contribution in [0.1, 0.15) is 5.56 Å². The Morgan fingerprint density at radius 1 is 1.12 bits per heavy atom. The molecular weight excluding hydrogens is 481 g/mol. The molecule has 0 radical (unpaired) electrons. The van der Waals surface area contributed by atoms with E-state index in [1.807, 2.05) is 0 Å². The molecule has 0 N–H and O–H groups in total. The van der Waals surface area contributed by atoms with Gasteiger partial charge in [0.05, 0.1) is 5.56 Å². The molecule has 0 fully saturated rings. The molecule has 0 spiro atoms. The summed E-state index contributed by atoms with van der Waals surface area (Å²) in [4.78, 5) is 4.38. The van der Waals surface area contributed by atoms with Crippen LogP contribution in [0.25, 0.3) is 11.4 Å². The van der Waals surface area contributed by atoms with E-state index in [0.717, 1.165) is 18.2 Å². The molecule has 0 aliphatic rings. The molecule has 0 saturated heterocycles. The Bertz CT molecular complexity index is 725. The number of hydrogen-bond donors (Lipinski definition) is 0. The van der Waals surface area contributed by atoms with Gasteiger partial charge in [-0.25, -0.2) is 4.98 Å². The van der Waals surface area contributed by atoms with E-state index in [0.29, 0.717) is 27.2 Å². The van der Waals surface area contributed by atoms with Crippen LogP contribution < -0.4 is 0 Å². The maximum Gasteiger partial charge on any atom is 0.416 e. The summed E-state index contributed by atoms with van der Waals surface area (Å²) in [5, 5.41) is 0. The summed E-state index contributed by atoms with van der Waals surface area (Å²) in [7, 11) is -1.18. The Morgan fingerprint density at radius 2 is 1.72 bits per heavy atom.